The Morgan fingerprint density at radius 1 is 1.40 bits per heavy atom. The second-order valence-electron chi connectivity index (χ2n) is 4.94. The van der Waals surface area contributed by atoms with Crippen LogP contribution in [-0.4, -0.2) is 40.1 Å². The molecule has 0 aliphatic carbocycles. The summed E-state index contributed by atoms with van der Waals surface area (Å²) in [5, 5.41) is 9.73. The van der Waals surface area contributed by atoms with E-state index in [1.165, 1.54) is 0 Å². The molecule has 0 aromatic carbocycles. The lowest BCUT2D eigenvalue weighted by Crippen LogP contribution is -2.43. The predicted octanol–water partition coefficient (Wildman–Crippen LogP) is 1.22. The standard InChI is InChI=1S/C11H24N2OS/c1-9(14)8-11(12)4-3-6-13(7-5-11)10(2)15/h9-10,14-15H,3-8,12H2,1-2H3. The van der Waals surface area contributed by atoms with Gasteiger partial charge in [-0.05, 0) is 46.1 Å². The second-order valence-corrected chi connectivity index (χ2v) is 5.68. The fourth-order valence-electron chi connectivity index (χ4n) is 2.40. The fourth-order valence-corrected chi connectivity index (χ4v) is 2.63. The van der Waals surface area contributed by atoms with Crippen LogP contribution in [0.1, 0.15) is 39.5 Å². The first kappa shape index (κ1) is 13.3. The third-order valence-electron chi connectivity index (χ3n) is 3.25. The maximum absolute atomic E-state index is 9.43. The van der Waals surface area contributed by atoms with Crippen molar-refractivity contribution in [1.82, 2.24) is 4.90 Å². The van der Waals surface area contributed by atoms with Crippen LogP contribution in [0, 0.1) is 0 Å². The van der Waals surface area contributed by atoms with E-state index in [9.17, 15) is 5.11 Å². The van der Waals surface area contributed by atoms with Gasteiger partial charge >= 0.3 is 0 Å². The van der Waals surface area contributed by atoms with Crippen molar-refractivity contribution in [2.24, 2.45) is 5.73 Å². The number of aliphatic hydroxyl groups is 1. The Hall–Kier alpha value is 0.230. The number of rotatable bonds is 3. The quantitative estimate of drug-likeness (QED) is 0.641. The Kier molecular flexibility index (Phi) is 4.90. The van der Waals surface area contributed by atoms with E-state index in [-0.39, 0.29) is 11.6 Å². The lowest BCUT2D eigenvalue weighted by atomic mass is 9.86. The van der Waals surface area contributed by atoms with Crippen LogP contribution >= 0.6 is 12.6 Å². The van der Waals surface area contributed by atoms with Gasteiger partial charge in [-0.25, -0.2) is 0 Å². The number of hydrogen-bond acceptors (Lipinski definition) is 4. The SMILES string of the molecule is CC(O)CC1(N)CCCN(C(C)S)CC1. The zero-order chi connectivity index (χ0) is 11.5. The summed E-state index contributed by atoms with van der Waals surface area (Å²) in [6.07, 6.45) is 3.49. The van der Waals surface area contributed by atoms with Crippen LogP contribution in [0.2, 0.25) is 0 Å². The van der Waals surface area contributed by atoms with Crippen LogP contribution in [0.3, 0.4) is 0 Å². The van der Waals surface area contributed by atoms with Crippen molar-refractivity contribution in [3.8, 4) is 0 Å². The van der Waals surface area contributed by atoms with Gasteiger partial charge in [0.05, 0.1) is 6.10 Å². The highest BCUT2D eigenvalue weighted by Gasteiger charge is 2.30. The molecule has 1 rings (SSSR count). The molecular formula is C11H24N2OS. The van der Waals surface area contributed by atoms with Crippen molar-refractivity contribution < 1.29 is 5.11 Å². The van der Waals surface area contributed by atoms with E-state index in [2.05, 4.69) is 24.5 Å². The maximum atomic E-state index is 9.43. The summed E-state index contributed by atoms with van der Waals surface area (Å²) in [5.41, 5.74) is 6.14. The molecule has 15 heavy (non-hydrogen) atoms. The lowest BCUT2D eigenvalue weighted by Gasteiger charge is -2.30. The molecule has 0 aromatic rings. The van der Waals surface area contributed by atoms with Gasteiger partial charge in [-0.15, -0.1) is 0 Å². The van der Waals surface area contributed by atoms with Crippen molar-refractivity contribution in [2.75, 3.05) is 13.1 Å². The van der Waals surface area contributed by atoms with Crippen molar-refractivity contribution >= 4 is 12.6 Å². The van der Waals surface area contributed by atoms with Gasteiger partial charge in [0.1, 0.15) is 0 Å². The summed E-state index contributed by atoms with van der Waals surface area (Å²) in [5.74, 6) is 0. The molecule has 1 heterocycles. The summed E-state index contributed by atoms with van der Waals surface area (Å²) in [4.78, 5) is 2.35. The molecule has 3 nitrogen and oxygen atoms in total. The Labute approximate surface area is 98.4 Å². The Morgan fingerprint density at radius 3 is 2.60 bits per heavy atom. The topological polar surface area (TPSA) is 49.5 Å². The summed E-state index contributed by atoms with van der Waals surface area (Å²) in [7, 11) is 0. The van der Waals surface area contributed by atoms with Crippen molar-refractivity contribution in [2.45, 2.75) is 56.5 Å². The minimum atomic E-state index is -0.296. The van der Waals surface area contributed by atoms with Gasteiger partial charge in [0.25, 0.3) is 0 Å². The summed E-state index contributed by atoms with van der Waals surface area (Å²) in [6, 6.07) is 0. The largest absolute Gasteiger partial charge is 0.393 e. The van der Waals surface area contributed by atoms with Crippen LogP contribution in [0.25, 0.3) is 0 Å². The monoisotopic (exact) mass is 232 g/mol. The second kappa shape index (κ2) is 5.53. The van der Waals surface area contributed by atoms with E-state index < -0.39 is 0 Å². The van der Waals surface area contributed by atoms with Gasteiger partial charge < -0.3 is 10.8 Å². The van der Waals surface area contributed by atoms with E-state index in [0.29, 0.717) is 11.8 Å². The number of likely N-dealkylation sites (tertiary alicyclic amines) is 1. The smallest absolute Gasteiger partial charge is 0.0529 e. The zero-order valence-electron chi connectivity index (χ0n) is 9.82. The van der Waals surface area contributed by atoms with Crippen molar-refractivity contribution in [3.63, 3.8) is 0 Å². The normalized spacial score (nSPS) is 33.4. The molecule has 0 amide bonds. The maximum Gasteiger partial charge on any atom is 0.0529 e. The molecule has 90 valence electrons. The molecule has 1 aliphatic heterocycles. The zero-order valence-corrected chi connectivity index (χ0v) is 10.7. The third-order valence-corrected chi connectivity index (χ3v) is 3.57. The van der Waals surface area contributed by atoms with E-state index in [0.717, 1.165) is 32.4 Å². The molecule has 3 atom stereocenters. The van der Waals surface area contributed by atoms with Crippen LogP contribution in [0.5, 0.6) is 0 Å². The number of hydrogen-bond donors (Lipinski definition) is 3. The molecule has 3 unspecified atom stereocenters. The molecular weight excluding hydrogens is 208 g/mol. The molecule has 4 heteroatoms. The van der Waals surface area contributed by atoms with Gasteiger partial charge in [0.2, 0.25) is 0 Å². The van der Waals surface area contributed by atoms with E-state index in [1.54, 1.807) is 0 Å². The van der Waals surface area contributed by atoms with Gasteiger partial charge in [-0.2, -0.15) is 12.6 Å². The van der Waals surface area contributed by atoms with E-state index in [1.807, 2.05) is 6.92 Å². The minimum absolute atomic E-state index is 0.175. The fraction of sp³-hybridized carbons (Fsp3) is 1.00. The molecule has 3 N–H and O–H groups in total. The number of aliphatic hydroxyl groups excluding tert-OH is 1. The highest BCUT2D eigenvalue weighted by molar-refractivity contribution is 7.80. The summed E-state index contributed by atoms with van der Waals surface area (Å²) < 4.78 is 0. The Morgan fingerprint density at radius 2 is 2.07 bits per heavy atom. The molecule has 1 fully saturated rings. The van der Waals surface area contributed by atoms with Crippen molar-refractivity contribution in [1.29, 1.82) is 0 Å². The highest BCUT2D eigenvalue weighted by Crippen LogP contribution is 2.25. The number of nitrogens with two attached hydrogens (primary N) is 1. The third kappa shape index (κ3) is 4.31. The average molecular weight is 232 g/mol. The summed E-state index contributed by atoms with van der Waals surface area (Å²) in [6.45, 7) is 5.98. The van der Waals surface area contributed by atoms with Crippen LogP contribution < -0.4 is 5.73 Å². The van der Waals surface area contributed by atoms with Gasteiger partial charge in [-0.3, -0.25) is 4.90 Å². The average Bonchev–Trinajstić information content (AvgIpc) is 2.25. The number of nitrogens with zero attached hydrogens (tertiary/aromatic N) is 1. The molecule has 0 bridgehead atoms. The highest BCUT2D eigenvalue weighted by atomic mass is 32.1. The first-order valence-electron chi connectivity index (χ1n) is 5.82. The minimum Gasteiger partial charge on any atom is -0.393 e. The molecule has 1 saturated heterocycles. The van der Waals surface area contributed by atoms with Crippen molar-refractivity contribution in [3.05, 3.63) is 0 Å². The van der Waals surface area contributed by atoms with Crippen LogP contribution in [0.4, 0.5) is 0 Å². The van der Waals surface area contributed by atoms with Crippen LogP contribution in [-0.2, 0) is 0 Å². The molecule has 0 saturated carbocycles. The Bertz CT molecular complexity index is 199. The van der Waals surface area contributed by atoms with E-state index >= 15 is 0 Å². The molecule has 0 aromatic heterocycles. The first-order valence-corrected chi connectivity index (χ1v) is 6.34. The van der Waals surface area contributed by atoms with Gasteiger partial charge in [0, 0.05) is 17.5 Å². The van der Waals surface area contributed by atoms with Gasteiger partial charge in [0.15, 0.2) is 0 Å². The number of thiol groups is 1. The Balaban J connectivity index is 2.51. The molecule has 1 aliphatic rings. The van der Waals surface area contributed by atoms with Gasteiger partial charge in [-0.1, -0.05) is 0 Å². The molecule has 0 spiro atoms. The van der Waals surface area contributed by atoms with E-state index in [4.69, 9.17) is 5.73 Å². The first-order chi connectivity index (χ1) is 6.93. The van der Waals surface area contributed by atoms with Crippen LogP contribution in [0.15, 0.2) is 0 Å². The summed E-state index contributed by atoms with van der Waals surface area (Å²) >= 11 is 4.45. The lowest BCUT2D eigenvalue weighted by molar-refractivity contribution is 0.140. The molecule has 0 radical (unpaired) electrons. The predicted molar refractivity (Wildman–Crippen MR) is 67.1 cm³/mol.